The molecule has 188 valence electrons. The molecule has 0 aromatic rings. The van der Waals surface area contributed by atoms with Crippen molar-refractivity contribution in [2.45, 2.75) is 96.7 Å². The van der Waals surface area contributed by atoms with Gasteiger partial charge in [-0.05, 0) is 56.3 Å². The summed E-state index contributed by atoms with van der Waals surface area (Å²) in [5, 5.41) is 23.7. The predicted octanol–water partition coefficient (Wildman–Crippen LogP) is 4.30. The second kappa shape index (κ2) is 14.6. The highest BCUT2D eigenvalue weighted by molar-refractivity contribution is 5.76. The first-order chi connectivity index (χ1) is 15.8. The Balaban J connectivity index is 1.68. The zero-order valence-electron chi connectivity index (χ0n) is 20.8. The van der Waals surface area contributed by atoms with Crippen LogP contribution in [0.5, 0.6) is 0 Å². The van der Waals surface area contributed by atoms with Crippen LogP contribution in [0, 0.1) is 23.7 Å². The van der Waals surface area contributed by atoms with Crippen molar-refractivity contribution < 1.29 is 24.5 Å². The molecule has 2 aliphatic rings. The van der Waals surface area contributed by atoms with Crippen molar-refractivity contribution in [2.75, 3.05) is 13.7 Å². The number of hydrogen-bond donors (Lipinski definition) is 3. The quantitative estimate of drug-likeness (QED) is 0.191. The third-order valence-corrected chi connectivity index (χ3v) is 7.23. The Morgan fingerprint density at radius 2 is 2.06 bits per heavy atom. The van der Waals surface area contributed by atoms with Gasteiger partial charge in [0.2, 0.25) is 5.91 Å². The Hall–Kier alpha value is -1.66. The fourth-order valence-corrected chi connectivity index (χ4v) is 5.34. The topological polar surface area (TPSA) is 95.9 Å². The highest BCUT2D eigenvalue weighted by Gasteiger charge is 2.43. The number of carbonyl (C=O) groups is 2. The predicted molar refractivity (Wildman–Crippen MR) is 130 cm³/mol. The molecule has 0 unspecified atom stereocenters. The van der Waals surface area contributed by atoms with E-state index in [2.05, 4.69) is 36.1 Å². The summed E-state index contributed by atoms with van der Waals surface area (Å²) in [6.45, 7) is 4.72. The largest absolute Gasteiger partial charge is 0.469 e. The molecule has 1 fully saturated rings. The van der Waals surface area contributed by atoms with E-state index in [1.54, 1.807) is 0 Å². The summed E-state index contributed by atoms with van der Waals surface area (Å²) in [6, 6.07) is 0. The first kappa shape index (κ1) is 27.6. The first-order valence-electron chi connectivity index (χ1n) is 12.9. The molecule has 0 bridgehead atoms. The average molecular weight is 464 g/mol. The minimum Gasteiger partial charge on any atom is -0.469 e. The van der Waals surface area contributed by atoms with Gasteiger partial charge in [0.1, 0.15) is 0 Å². The van der Waals surface area contributed by atoms with Crippen molar-refractivity contribution in [1.82, 2.24) is 5.32 Å². The molecule has 2 aliphatic carbocycles. The zero-order valence-corrected chi connectivity index (χ0v) is 20.8. The number of ether oxygens (including phenoxy) is 1. The lowest BCUT2D eigenvalue weighted by atomic mass is 9.88. The number of aliphatic hydroxyl groups excluding tert-OH is 2. The van der Waals surface area contributed by atoms with E-state index < -0.39 is 6.10 Å². The summed E-state index contributed by atoms with van der Waals surface area (Å²) < 4.78 is 4.56. The van der Waals surface area contributed by atoms with E-state index in [9.17, 15) is 19.8 Å². The first-order valence-corrected chi connectivity index (χ1v) is 12.9. The smallest absolute Gasteiger partial charge is 0.307 e. The molecule has 1 saturated carbocycles. The van der Waals surface area contributed by atoms with Crippen LogP contribution in [0.1, 0.15) is 84.5 Å². The van der Waals surface area contributed by atoms with Crippen molar-refractivity contribution in [2.24, 2.45) is 23.7 Å². The molecule has 0 aromatic carbocycles. The molecule has 6 atom stereocenters. The van der Waals surface area contributed by atoms with Gasteiger partial charge in [-0.3, -0.25) is 9.59 Å². The molecule has 33 heavy (non-hydrogen) atoms. The Kier molecular flexibility index (Phi) is 12.2. The van der Waals surface area contributed by atoms with Crippen LogP contribution >= 0.6 is 0 Å². The summed E-state index contributed by atoms with van der Waals surface area (Å²) in [5.74, 6) is 1.14. The molecule has 3 N–H and O–H groups in total. The molecule has 6 nitrogen and oxygen atoms in total. The molecule has 2 rings (SSSR count). The van der Waals surface area contributed by atoms with Gasteiger partial charge < -0.3 is 20.3 Å². The highest BCUT2D eigenvalue weighted by atomic mass is 16.5. The maximum atomic E-state index is 11.9. The van der Waals surface area contributed by atoms with Crippen molar-refractivity contribution in [3.63, 3.8) is 0 Å². The second-order valence-electron chi connectivity index (χ2n) is 10.1. The molecule has 1 amide bonds. The summed E-state index contributed by atoms with van der Waals surface area (Å²) in [6.07, 6.45) is 15.2. The van der Waals surface area contributed by atoms with Crippen LogP contribution in [0.3, 0.4) is 0 Å². The Bertz CT molecular complexity index is 673. The van der Waals surface area contributed by atoms with E-state index in [0.717, 1.165) is 44.9 Å². The van der Waals surface area contributed by atoms with Crippen LogP contribution < -0.4 is 5.32 Å². The molecule has 0 spiro atoms. The maximum Gasteiger partial charge on any atom is 0.307 e. The van der Waals surface area contributed by atoms with Crippen molar-refractivity contribution in [1.29, 1.82) is 0 Å². The normalized spacial score (nSPS) is 26.2. The van der Waals surface area contributed by atoms with Gasteiger partial charge in [0.15, 0.2) is 0 Å². The number of amides is 1. The number of hydrogen-bond acceptors (Lipinski definition) is 5. The number of rotatable bonds is 15. The summed E-state index contributed by atoms with van der Waals surface area (Å²) in [7, 11) is 1.34. The van der Waals surface area contributed by atoms with Crippen LogP contribution in [0.4, 0.5) is 0 Å². The third-order valence-electron chi connectivity index (χ3n) is 7.23. The number of aliphatic hydroxyl groups is 2. The fraction of sp³-hybridized carbons (Fsp3) is 0.778. The molecule has 0 saturated heterocycles. The summed E-state index contributed by atoms with van der Waals surface area (Å²) >= 11 is 0. The minimum atomic E-state index is -0.435. The molecule has 0 aliphatic heterocycles. The van der Waals surface area contributed by atoms with Crippen LogP contribution in [0.15, 0.2) is 23.8 Å². The Morgan fingerprint density at radius 3 is 2.79 bits per heavy atom. The average Bonchev–Trinajstić information content (AvgIpc) is 3.29. The zero-order chi connectivity index (χ0) is 24.2. The monoisotopic (exact) mass is 463 g/mol. The van der Waals surface area contributed by atoms with Gasteiger partial charge in [0, 0.05) is 18.9 Å². The molecular weight excluding hydrogens is 418 g/mol. The van der Waals surface area contributed by atoms with Gasteiger partial charge in [0.05, 0.1) is 25.7 Å². The summed E-state index contributed by atoms with van der Waals surface area (Å²) in [4.78, 5) is 22.9. The van der Waals surface area contributed by atoms with Crippen molar-refractivity contribution >= 4 is 11.9 Å². The van der Waals surface area contributed by atoms with E-state index in [0.29, 0.717) is 30.7 Å². The van der Waals surface area contributed by atoms with E-state index >= 15 is 0 Å². The minimum absolute atomic E-state index is 0.0212. The number of carbonyl (C=O) groups excluding carboxylic acids is 2. The molecule has 0 heterocycles. The van der Waals surface area contributed by atoms with E-state index in [1.165, 1.54) is 25.5 Å². The van der Waals surface area contributed by atoms with Crippen LogP contribution in [-0.2, 0) is 14.3 Å². The maximum absolute atomic E-state index is 11.9. The number of allylic oxidation sites excluding steroid dienone is 2. The Morgan fingerprint density at radius 1 is 1.27 bits per heavy atom. The second-order valence-corrected chi connectivity index (χ2v) is 10.1. The van der Waals surface area contributed by atoms with Gasteiger partial charge in [-0.15, -0.1) is 0 Å². The number of esters is 1. The van der Waals surface area contributed by atoms with Gasteiger partial charge in [-0.25, -0.2) is 0 Å². The van der Waals surface area contributed by atoms with E-state index in [1.807, 2.05) is 6.08 Å². The number of unbranched alkanes of at least 4 members (excludes halogenated alkanes) is 2. The van der Waals surface area contributed by atoms with Gasteiger partial charge in [-0.1, -0.05) is 56.9 Å². The van der Waals surface area contributed by atoms with E-state index in [-0.39, 0.29) is 30.3 Å². The van der Waals surface area contributed by atoms with Crippen molar-refractivity contribution in [3.8, 4) is 0 Å². The fourth-order valence-electron chi connectivity index (χ4n) is 5.34. The number of methoxy groups -OCH3 is 1. The number of nitrogens with one attached hydrogen (secondary N) is 1. The van der Waals surface area contributed by atoms with Gasteiger partial charge in [0.25, 0.3) is 0 Å². The molecule has 0 radical (unpaired) electrons. The third kappa shape index (κ3) is 9.62. The molecule has 6 heteroatoms. The number of fused-ring (bicyclic) bond motifs is 1. The van der Waals surface area contributed by atoms with Crippen molar-refractivity contribution in [3.05, 3.63) is 23.8 Å². The standard InChI is InChI=1S/C27H45NO5/c1-4-5-8-19(2)15-22(29)11-12-23-24-17-20(16-21(24)18-25(23)30)9-6-7-10-26(31)28-14-13-27(32)33-3/h11-12,16,19,21-25,29-30H,4-10,13-15,17-18H2,1-3H3,(H,28,31)/t19-,21-,22+,23+,24-,25+/m0/s1. The van der Waals surface area contributed by atoms with E-state index in [4.69, 9.17) is 0 Å². The Labute approximate surface area is 199 Å². The van der Waals surface area contributed by atoms with Crippen LogP contribution in [-0.4, -0.2) is 48.0 Å². The van der Waals surface area contributed by atoms with Gasteiger partial charge in [-0.2, -0.15) is 0 Å². The highest BCUT2D eigenvalue weighted by Crippen LogP contribution is 2.48. The van der Waals surface area contributed by atoms with Crippen LogP contribution in [0.25, 0.3) is 0 Å². The molecular formula is C27H45NO5. The SMILES string of the molecule is CCCC[C@H](C)C[C@H](O)C=C[C@@H]1[C@H]2CC(CCCCC(=O)NCCC(=O)OC)=C[C@H]2C[C@H]1O. The lowest BCUT2D eigenvalue weighted by Gasteiger charge is -2.19. The lowest BCUT2D eigenvalue weighted by Crippen LogP contribution is -2.25. The van der Waals surface area contributed by atoms with Crippen LogP contribution in [0.2, 0.25) is 0 Å². The molecule has 0 aromatic heterocycles. The van der Waals surface area contributed by atoms with Gasteiger partial charge >= 0.3 is 5.97 Å². The summed E-state index contributed by atoms with van der Waals surface area (Å²) in [5.41, 5.74) is 1.44. The lowest BCUT2D eigenvalue weighted by molar-refractivity contribution is -0.140.